The molecule has 8 nitrogen and oxygen atoms in total. The van der Waals surface area contributed by atoms with E-state index in [0.717, 1.165) is 32.1 Å². The molecule has 0 radical (unpaired) electrons. The van der Waals surface area contributed by atoms with Crippen LogP contribution in [-0.2, 0) is 18.4 Å². The number of likely N-dealkylation sites (N-methyl/N-ethyl adjacent to an activating group) is 1. The van der Waals surface area contributed by atoms with Crippen LogP contribution in [-0.4, -0.2) is 68.5 Å². The van der Waals surface area contributed by atoms with Crippen LogP contribution in [0.25, 0.3) is 0 Å². The molecule has 0 rings (SSSR count). The van der Waals surface area contributed by atoms with Crippen molar-refractivity contribution in [1.29, 1.82) is 0 Å². The molecule has 0 saturated heterocycles. The van der Waals surface area contributed by atoms with Crippen molar-refractivity contribution in [2.75, 3.05) is 40.9 Å². The second-order valence-electron chi connectivity index (χ2n) is 12.2. The number of nitrogens with one attached hydrogen (secondary N) is 1. The molecule has 3 atom stereocenters. The van der Waals surface area contributed by atoms with Crippen LogP contribution < -0.4 is 10.2 Å². The van der Waals surface area contributed by atoms with Crippen LogP contribution >= 0.6 is 7.82 Å². The summed E-state index contributed by atoms with van der Waals surface area (Å²) >= 11 is 0. The molecule has 0 aliphatic heterocycles. The van der Waals surface area contributed by atoms with Crippen molar-refractivity contribution < 1.29 is 32.9 Å². The van der Waals surface area contributed by atoms with Crippen molar-refractivity contribution in [2.24, 2.45) is 0 Å². The molecule has 39 heavy (non-hydrogen) atoms. The molecule has 0 aromatic rings. The molecule has 2 N–H and O–H groups in total. The Labute approximate surface area is 240 Å². The second-order valence-corrected chi connectivity index (χ2v) is 13.6. The average Bonchev–Trinajstić information content (AvgIpc) is 2.86. The number of rotatable bonds is 28. The van der Waals surface area contributed by atoms with Crippen LogP contribution in [0.4, 0.5) is 0 Å². The molecular weight excluding hydrogens is 515 g/mol. The summed E-state index contributed by atoms with van der Waals surface area (Å²) < 4.78 is 22.8. The van der Waals surface area contributed by atoms with E-state index >= 15 is 0 Å². The van der Waals surface area contributed by atoms with E-state index in [0.29, 0.717) is 23.9 Å². The summed E-state index contributed by atoms with van der Waals surface area (Å²) in [5.41, 5.74) is 0. The molecule has 0 aromatic carbocycles. The van der Waals surface area contributed by atoms with E-state index in [-0.39, 0.29) is 19.1 Å². The number of carbonyl (C=O) groups excluding carboxylic acids is 1. The van der Waals surface area contributed by atoms with Crippen LogP contribution in [0.5, 0.6) is 0 Å². The molecule has 0 bridgehead atoms. The number of phosphoric ester groups is 1. The number of aliphatic hydroxyl groups is 1. The quantitative estimate of drug-likeness (QED) is 0.0624. The zero-order valence-corrected chi connectivity index (χ0v) is 27.0. The maximum atomic E-state index is 12.3. The fraction of sp³-hybridized carbons (Fsp3) is 0.967. The summed E-state index contributed by atoms with van der Waals surface area (Å²) in [6, 6.07) is -0.787. The van der Waals surface area contributed by atoms with Crippen molar-refractivity contribution in [2.45, 2.75) is 148 Å². The minimum Gasteiger partial charge on any atom is -0.756 e. The molecule has 3 unspecified atom stereocenters. The van der Waals surface area contributed by atoms with Gasteiger partial charge >= 0.3 is 0 Å². The molecule has 0 saturated carbocycles. The Bertz CT molecular complexity index is 629. The first-order valence-electron chi connectivity index (χ1n) is 15.9. The zero-order chi connectivity index (χ0) is 29.4. The summed E-state index contributed by atoms with van der Waals surface area (Å²) in [5.74, 6) is -0.201. The van der Waals surface area contributed by atoms with Gasteiger partial charge in [-0.25, -0.2) is 0 Å². The third-order valence-electron chi connectivity index (χ3n) is 7.10. The number of hydrogen-bond donors (Lipinski definition) is 2. The molecule has 0 aliphatic rings. The van der Waals surface area contributed by atoms with Gasteiger partial charge in [-0.3, -0.25) is 9.36 Å². The Balaban J connectivity index is 4.21. The van der Waals surface area contributed by atoms with Gasteiger partial charge in [-0.2, -0.15) is 0 Å². The Hall–Kier alpha value is -0.500. The largest absolute Gasteiger partial charge is 0.756 e. The zero-order valence-electron chi connectivity index (χ0n) is 26.1. The third kappa shape index (κ3) is 26.2. The number of quaternary nitrogens is 1. The van der Waals surface area contributed by atoms with Gasteiger partial charge in [-0.05, 0) is 12.8 Å². The molecule has 0 aromatic heterocycles. The van der Waals surface area contributed by atoms with Gasteiger partial charge in [-0.15, -0.1) is 0 Å². The predicted molar refractivity (Wildman–Crippen MR) is 159 cm³/mol. The maximum absolute atomic E-state index is 12.3. The predicted octanol–water partition coefficient (Wildman–Crippen LogP) is 6.49. The van der Waals surface area contributed by atoms with Crippen molar-refractivity contribution in [3.05, 3.63) is 0 Å². The van der Waals surface area contributed by atoms with Gasteiger partial charge in [0.05, 0.1) is 39.9 Å². The summed E-state index contributed by atoms with van der Waals surface area (Å²) in [6.07, 6.45) is 20.6. The Kier molecular flexibility index (Phi) is 23.8. The number of phosphoric acid groups is 1. The lowest BCUT2D eigenvalue weighted by Gasteiger charge is -2.30. The highest BCUT2D eigenvalue weighted by molar-refractivity contribution is 7.45. The van der Waals surface area contributed by atoms with Crippen molar-refractivity contribution in [3.8, 4) is 0 Å². The first-order valence-corrected chi connectivity index (χ1v) is 17.3. The summed E-state index contributed by atoms with van der Waals surface area (Å²) in [4.78, 5) is 24.5. The fourth-order valence-corrected chi connectivity index (χ4v) is 5.15. The molecule has 9 heteroatoms. The number of carbonyl (C=O) groups is 1. The first kappa shape index (κ1) is 38.5. The van der Waals surface area contributed by atoms with Crippen LogP contribution in [0.15, 0.2) is 0 Å². The summed E-state index contributed by atoms with van der Waals surface area (Å²) in [6.45, 7) is 4.45. The molecule has 1 amide bonds. The smallest absolute Gasteiger partial charge is 0.268 e. The molecule has 0 aliphatic carbocycles. The molecule has 0 heterocycles. The highest BCUT2D eigenvalue weighted by atomic mass is 31.2. The lowest BCUT2D eigenvalue weighted by molar-refractivity contribution is -0.870. The van der Waals surface area contributed by atoms with Crippen molar-refractivity contribution >= 4 is 13.7 Å². The van der Waals surface area contributed by atoms with E-state index in [4.69, 9.17) is 9.05 Å². The Morgan fingerprint density at radius 1 is 0.795 bits per heavy atom. The van der Waals surface area contributed by atoms with Gasteiger partial charge in [-0.1, -0.05) is 117 Å². The Morgan fingerprint density at radius 3 is 1.72 bits per heavy atom. The first-order chi connectivity index (χ1) is 18.5. The number of nitrogens with zero attached hydrogens (tertiary/aromatic N) is 1. The van der Waals surface area contributed by atoms with E-state index in [2.05, 4.69) is 12.2 Å². The van der Waals surface area contributed by atoms with Crippen LogP contribution in [0, 0.1) is 0 Å². The third-order valence-corrected chi connectivity index (χ3v) is 8.06. The summed E-state index contributed by atoms with van der Waals surface area (Å²) in [5, 5.41) is 13.5. The van der Waals surface area contributed by atoms with E-state index in [1.165, 1.54) is 77.0 Å². The van der Waals surface area contributed by atoms with Crippen LogP contribution in [0.3, 0.4) is 0 Å². The SMILES string of the molecule is CCCCCCCCCCCCCCCCCC(O)C(COP(=O)([O-])OCC[N+](C)(C)C)NC(=O)CCCC. The van der Waals surface area contributed by atoms with Crippen molar-refractivity contribution in [1.82, 2.24) is 5.32 Å². The second kappa shape index (κ2) is 24.1. The normalized spacial score (nSPS) is 15.2. The highest BCUT2D eigenvalue weighted by Crippen LogP contribution is 2.38. The summed E-state index contributed by atoms with van der Waals surface area (Å²) in [7, 11) is 1.30. The number of unbranched alkanes of at least 4 members (excludes halogenated alkanes) is 15. The van der Waals surface area contributed by atoms with Gasteiger partial charge in [0.25, 0.3) is 7.82 Å². The van der Waals surface area contributed by atoms with Gasteiger partial charge in [0.1, 0.15) is 13.2 Å². The Morgan fingerprint density at radius 2 is 1.26 bits per heavy atom. The van der Waals surface area contributed by atoms with E-state index < -0.39 is 20.0 Å². The number of hydrogen-bond acceptors (Lipinski definition) is 6. The minimum absolute atomic E-state index is 0.0134. The van der Waals surface area contributed by atoms with Crippen molar-refractivity contribution in [3.63, 3.8) is 0 Å². The maximum Gasteiger partial charge on any atom is 0.268 e. The number of aliphatic hydroxyl groups excluding tert-OH is 1. The minimum atomic E-state index is -4.52. The van der Waals surface area contributed by atoms with E-state index in [1.54, 1.807) is 0 Å². The van der Waals surface area contributed by atoms with Crippen LogP contribution in [0.1, 0.15) is 136 Å². The van der Waals surface area contributed by atoms with Crippen LogP contribution in [0.2, 0.25) is 0 Å². The molecular formula is C30H63N2O6P. The lowest BCUT2D eigenvalue weighted by atomic mass is 10.0. The topological polar surface area (TPSA) is 108 Å². The number of amides is 1. The fourth-order valence-electron chi connectivity index (χ4n) is 4.43. The molecule has 0 spiro atoms. The standard InChI is InChI=1S/C30H63N2O6P/c1-6-8-10-11-12-13-14-15-16-17-18-19-20-21-22-23-29(33)28(31-30(34)24-9-7-2)27-38-39(35,36)37-26-25-32(3,4)5/h28-29,33H,6-27H2,1-5H3,(H-,31,34,35,36). The van der Waals surface area contributed by atoms with E-state index in [1.807, 2.05) is 28.1 Å². The monoisotopic (exact) mass is 578 g/mol. The van der Waals surface area contributed by atoms with Gasteiger partial charge in [0.2, 0.25) is 5.91 Å². The van der Waals surface area contributed by atoms with Gasteiger partial charge in [0, 0.05) is 6.42 Å². The molecule has 0 fully saturated rings. The molecule has 234 valence electrons. The van der Waals surface area contributed by atoms with Gasteiger partial charge < -0.3 is 28.8 Å². The average molecular weight is 579 g/mol. The van der Waals surface area contributed by atoms with Gasteiger partial charge in [0.15, 0.2) is 0 Å². The van der Waals surface area contributed by atoms with E-state index in [9.17, 15) is 19.4 Å². The highest BCUT2D eigenvalue weighted by Gasteiger charge is 2.24. The lowest BCUT2D eigenvalue weighted by Crippen LogP contribution is -2.46.